The van der Waals surface area contributed by atoms with E-state index in [0.29, 0.717) is 17.5 Å². The lowest BCUT2D eigenvalue weighted by Gasteiger charge is -2.25. The van der Waals surface area contributed by atoms with E-state index in [4.69, 9.17) is 5.73 Å². The van der Waals surface area contributed by atoms with Crippen LogP contribution < -0.4 is 11.1 Å². The molecule has 6 heteroatoms. The quantitative estimate of drug-likeness (QED) is 0.790. The van der Waals surface area contributed by atoms with Crippen molar-refractivity contribution in [3.8, 4) is 11.1 Å². The fourth-order valence-electron chi connectivity index (χ4n) is 3.77. The summed E-state index contributed by atoms with van der Waals surface area (Å²) in [6, 6.07) is 14.8. The molecule has 6 nitrogen and oxygen atoms in total. The number of nitrogens with two attached hydrogens (primary N) is 1. The van der Waals surface area contributed by atoms with Crippen molar-refractivity contribution < 1.29 is 14.4 Å². The Kier molecular flexibility index (Phi) is 6.32. The lowest BCUT2D eigenvalue weighted by atomic mass is 10.0. The molecule has 2 aromatic carbocycles. The minimum absolute atomic E-state index is 0.0203. The van der Waals surface area contributed by atoms with Crippen molar-refractivity contribution in [2.75, 3.05) is 7.05 Å². The number of rotatable bonds is 6. The second kappa shape index (κ2) is 8.90. The van der Waals surface area contributed by atoms with Gasteiger partial charge < -0.3 is 16.0 Å². The first kappa shape index (κ1) is 20.6. The molecule has 1 aliphatic rings. The number of carbonyl (C=O) groups is 3. The zero-order chi connectivity index (χ0) is 21.0. The number of nitrogens with zero attached hydrogens (tertiary/aromatic N) is 1. The topological polar surface area (TPSA) is 92.5 Å². The van der Waals surface area contributed by atoms with Gasteiger partial charge >= 0.3 is 0 Å². The Morgan fingerprint density at radius 1 is 0.966 bits per heavy atom. The van der Waals surface area contributed by atoms with Gasteiger partial charge in [-0.05, 0) is 54.7 Å². The number of hydrogen-bond acceptors (Lipinski definition) is 3. The maximum absolute atomic E-state index is 12.9. The van der Waals surface area contributed by atoms with Crippen LogP contribution in [-0.2, 0) is 4.79 Å². The van der Waals surface area contributed by atoms with Crippen LogP contribution in [0.5, 0.6) is 0 Å². The molecule has 152 valence electrons. The van der Waals surface area contributed by atoms with E-state index in [9.17, 15) is 14.4 Å². The zero-order valence-corrected chi connectivity index (χ0v) is 16.9. The highest BCUT2D eigenvalue weighted by Crippen LogP contribution is 2.26. The summed E-state index contributed by atoms with van der Waals surface area (Å²) < 4.78 is 0. The van der Waals surface area contributed by atoms with Crippen molar-refractivity contribution in [1.82, 2.24) is 10.2 Å². The molecule has 1 aliphatic carbocycles. The van der Waals surface area contributed by atoms with Crippen LogP contribution in [0.15, 0.2) is 48.5 Å². The number of amides is 3. The fraction of sp³-hybridized carbons (Fsp3) is 0.348. The van der Waals surface area contributed by atoms with Gasteiger partial charge in [0.15, 0.2) is 0 Å². The predicted molar refractivity (Wildman–Crippen MR) is 112 cm³/mol. The van der Waals surface area contributed by atoms with Crippen LogP contribution in [0.25, 0.3) is 11.1 Å². The molecule has 29 heavy (non-hydrogen) atoms. The van der Waals surface area contributed by atoms with E-state index in [1.165, 1.54) is 0 Å². The molecule has 3 rings (SSSR count). The van der Waals surface area contributed by atoms with Gasteiger partial charge in [-0.1, -0.05) is 31.2 Å². The summed E-state index contributed by atoms with van der Waals surface area (Å²) in [7, 11) is 1.83. The molecule has 1 fully saturated rings. The maximum Gasteiger partial charge on any atom is 0.253 e. The molecule has 0 unspecified atom stereocenters. The van der Waals surface area contributed by atoms with Crippen LogP contribution in [-0.4, -0.2) is 41.8 Å². The summed E-state index contributed by atoms with van der Waals surface area (Å²) in [6.07, 6.45) is 3.06. The minimum atomic E-state index is -0.455. The third kappa shape index (κ3) is 4.83. The summed E-state index contributed by atoms with van der Waals surface area (Å²) in [5.74, 6) is -0.416. The van der Waals surface area contributed by atoms with Crippen LogP contribution in [0, 0.1) is 0 Å². The molecule has 3 amide bonds. The van der Waals surface area contributed by atoms with Crippen molar-refractivity contribution in [3.05, 3.63) is 59.7 Å². The van der Waals surface area contributed by atoms with E-state index < -0.39 is 5.91 Å². The van der Waals surface area contributed by atoms with Crippen LogP contribution >= 0.6 is 0 Å². The molecule has 0 aromatic heterocycles. The number of nitrogens with one attached hydrogen (secondary N) is 1. The van der Waals surface area contributed by atoms with Crippen LogP contribution in [0.3, 0.4) is 0 Å². The van der Waals surface area contributed by atoms with Gasteiger partial charge in [-0.15, -0.1) is 0 Å². The Labute approximate surface area is 171 Å². The van der Waals surface area contributed by atoms with Gasteiger partial charge in [0.1, 0.15) is 0 Å². The van der Waals surface area contributed by atoms with Gasteiger partial charge in [0.05, 0.1) is 0 Å². The van der Waals surface area contributed by atoms with Gasteiger partial charge in [0, 0.05) is 36.7 Å². The highest BCUT2D eigenvalue weighted by molar-refractivity contribution is 5.95. The van der Waals surface area contributed by atoms with Crippen molar-refractivity contribution >= 4 is 17.7 Å². The van der Waals surface area contributed by atoms with Gasteiger partial charge in [-0.2, -0.15) is 0 Å². The summed E-state index contributed by atoms with van der Waals surface area (Å²) >= 11 is 0. The molecule has 3 N–H and O–H groups in total. The molecule has 0 saturated heterocycles. The maximum atomic E-state index is 12.9. The summed E-state index contributed by atoms with van der Waals surface area (Å²) in [4.78, 5) is 37.4. The third-order valence-corrected chi connectivity index (χ3v) is 5.59. The second-order valence-electron chi connectivity index (χ2n) is 7.52. The lowest BCUT2D eigenvalue weighted by molar-refractivity contribution is -0.121. The molecular formula is C23H27N3O3. The van der Waals surface area contributed by atoms with Crippen LogP contribution in [0.4, 0.5) is 0 Å². The van der Waals surface area contributed by atoms with E-state index in [2.05, 4.69) is 5.32 Å². The highest BCUT2D eigenvalue weighted by atomic mass is 16.2. The van der Waals surface area contributed by atoms with Crippen LogP contribution in [0.1, 0.15) is 53.3 Å². The molecular weight excluding hydrogens is 366 g/mol. The average molecular weight is 393 g/mol. The Hall–Kier alpha value is -3.15. The Bertz CT molecular complexity index is 891. The van der Waals surface area contributed by atoms with E-state index in [0.717, 1.165) is 30.4 Å². The van der Waals surface area contributed by atoms with E-state index in [-0.39, 0.29) is 23.9 Å². The largest absolute Gasteiger partial charge is 0.366 e. The highest BCUT2D eigenvalue weighted by Gasteiger charge is 2.30. The smallest absolute Gasteiger partial charge is 0.253 e. The standard InChI is InChI=1S/C23H27N3O3/c1-3-21(27)25-19-12-13-20(14-19)26(2)23(29)18-10-6-16(7-11-18)15-4-8-17(9-5-15)22(24)28/h4-11,19-20H,3,12-14H2,1-2H3,(H2,24,28)(H,25,27)/t19-,20+/m0/s1. The molecule has 2 aromatic rings. The number of hydrogen-bond donors (Lipinski definition) is 2. The summed E-state index contributed by atoms with van der Waals surface area (Å²) in [5, 5.41) is 3.02. The first-order valence-electron chi connectivity index (χ1n) is 9.96. The number of primary amides is 1. The molecule has 0 bridgehead atoms. The number of carbonyl (C=O) groups excluding carboxylic acids is 3. The lowest BCUT2D eigenvalue weighted by Crippen LogP contribution is -2.38. The molecule has 0 spiro atoms. The minimum Gasteiger partial charge on any atom is -0.366 e. The SMILES string of the molecule is CCC(=O)N[C@H]1CC[C@@H](N(C)C(=O)c2ccc(-c3ccc(C(N)=O)cc3)cc2)C1. The molecule has 0 aliphatic heterocycles. The molecule has 0 heterocycles. The third-order valence-electron chi connectivity index (χ3n) is 5.59. The second-order valence-corrected chi connectivity index (χ2v) is 7.52. The van der Waals surface area contributed by atoms with Crippen molar-refractivity contribution in [2.45, 2.75) is 44.7 Å². The Morgan fingerprint density at radius 3 is 2.03 bits per heavy atom. The predicted octanol–water partition coefficient (Wildman–Crippen LogP) is 2.97. The average Bonchev–Trinajstić information content (AvgIpc) is 3.21. The summed E-state index contributed by atoms with van der Waals surface area (Å²) in [5.41, 5.74) is 8.28. The van der Waals surface area contributed by atoms with Gasteiger partial charge in [0.2, 0.25) is 11.8 Å². The van der Waals surface area contributed by atoms with Gasteiger partial charge in [-0.3, -0.25) is 14.4 Å². The molecule has 1 saturated carbocycles. The summed E-state index contributed by atoms with van der Waals surface area (Å²) in [6.45, 7) is 1.84. The molecule has 2 atom stereocenters. The Morgan fingerprint density at radius 2 is 1.52 bits per heavy atom. The Balaban J connectivity index is 1.64. The normalized spacial score (nSPS) is 18.3. The van der Waals surface area contributed by atoms with Crippen molar-refractivity contribution in [2.24, 2.45) is 5.73 Å². The van der Waals surface area contributed by atoms with E-state index in [1.54, 1.807) is 17.0 Å². The van der Waals surface area contributed by atoms with Gasteiger partial charge in [-0.25, -0.2) is 0 Å². The fourth-order valence-corrected chi connectivity index (χ4v) is 3.77. The van der Waals surface area contributed by atoms with Crippen molar-refractivity contribution in [1.29, 1.82) is 0 Å². The molecule has 0 radical (unpaired) electrons. The van der Waals surface area contributed by atoms with Gasteiger partial charge in [0.25, 0.3) is 5.91 Å². The zero-order valence-electron chi connectivity index (χ0n) is 16.9. The van der Waals surface area contributed by atoms with E-state index >= 15 is 0 Å². The van der Waals surface area contributed by atoms with Crippen molar-refractivity contribution in [3.63, 3.8) is 0 Å². The van der Waals surface area contributed by atoms with E-state index in [1.807, 2.05) is 50.4 Å². The van der Waals surface area contributed by atoms with Crippen LogP contribution in [0.2, 0.25) is 0 Å². The first-order valence-corrected chi connectivity index (χ1v) is 9.96. The monoisotopic (exact) mass is 393 g/mol. The first-order chi connectivity index (χ1) is 13.9. The number of benzene rings is 2.